The SMILES string of the molecule is CC(C)(C)NCCNC1CCC(CNC(=O)c2cc(F)cc(Cl)c2)CC1. The van der Waals surface area contributed by atoms with Crippen molar-refractivity contribution in [2.45, 2.75) is 58.0 Å². The van der Waals surface area contributed by atoms with Gasteiger partial charge < -0.3 is 16.0 Å². The summed E-state index contributed by atoms with van der Waals surface area (Å²) in [5.41, 5.74) is 0.431. The highest BCUT2D eigenvalue weighted by Gasteiger charge is 2.21. The molecule has 0 heterocycles. The molecule has 1 saturated carbocycles. The van der Waals surface area contributed by atoms with Crippen molar-refractivity contribution in [2.24, 2.45) is 5.92 Å². The fourth-order valence-corrected chi connectivity index (χ4v) is 3.53. The molecule has 6 heteroatoms. The molecular formula is C20H31ClFN3O. The molecule has 1 aromatic rings. The minimum absolute atomic E-state index is 0.156. The number of nitrogens with one attached hydrogen (secondary N) is 3. The van der Waals surface area contributed by atoms with Gasteiger partial charge >= 0.3 is 0 Å². The van der Waals surface area contributed by atoms with E-state index in [0.29, 0.717) is 18.5 Å². The molecule has 1 aromatic carbocycles. The van der Waals surface area contributed by atoms with Gasteiger partial charge in [-0.25, -0.2) is 4.39 Å². The second kappa shape index (κ2) is 9.67. The van der Waals surface area contributed by atoms with Crippen molar-refractivity contribution in [1.29, 1.82) is 0 Å². The molecular weight excluding hydrogens is 353 g/mol. The van der Waals surface area contributed by atoms with E-state index >= 15 is 0 Å². The summed E-state index contributed by atoms with van der Waals surface area (Å²) < 4.78 is 13.3. The highest BCUT2D eigenvalue weighted by atomic mass is 35.5. The standard InChI is InChI=1S/C20H31ClFN3O/c1-20(2,3)25-9-8-23-18-6-4-14(5-7-18)13-24-19(26)15-10-16(21)12-17(22)11-15/h10-12,14,18,23,25H,4-9,13H2,1-3H3,(H,24,26). The van der Waals surface area contributed by atoms with Crippen LogP contribution in [0.3, 0.4) is 0 Å². The molecule has 0 spiro atoms. The number of carbonyl (C=O) groups is 1. The summed E-state index contributed by atoms with van der Waals surface area (Å²) in [4.78, 5) is 12.2. The molecule has 0 saturated heterocycles. The Morgan fingerprint density at radius 3 is 2.46 bits per heavy atom. The normalized spacial score (nSPS) is 20.8. The van der Waals surface area contributed by atoms with Gasteiger partial charge in [-0.05, 0) is 70.6 Å². The third-order valence-corrected chi connectivity index (χ3v) is 4.95. The lowest BCUT2D eigenvalue weighted by Crippen LogP contribution is -2.43. The molecule has 1 aliphatic carbocycles. The van der Waals surface area contributed by atoms with Crippen LogP contribution in [-0.2, 0) is 0 Å². The highest BCUT2D eigenvalue weighted by molar-refractivity contribution is 6.31. The van der Waals surface area contributed by atoms with Crippen LogP contribution >= 0.6 is 11.6 Å². The number of carbonyl (C=O) groups excluding carboxylic acids is 1. The average Bonchev–Trinajstić information content (AvgIpc) is 2.56. The molecule has 0 aliphatic heterocycles. The highest BCUT2D eigenvalue weighted by Crippen LogP contribution is 2.24. The molecule has 0 aromatic heterocycles. The Kier molecular flexibility index (Phi) is 7.86. The predicted octanol–water partition coefficient (Wildman–Crippen LogP) is 3.75. The van der Waals surface area contributed by atoms with Gasteiger partial charge in [-0.3, -0.25) is 4.79 Å². The van der Waals surface area contributed by atoms with Crippen LogP contribution in [-0.4, -0.2) is 37.1 Å². The van der Waals surface area contributed by atoms with E-state index in [0.717, 1.165) is 38.8 Å². The van der Waals surface area contributed by atoms with Gasteiger partial charge in [0.2, 0.25) is 0 Å². The van der Waals surface area contributed by atoms with Crippen molar-refractivity contribution in [2.75, 3.05) is 19.6 Å². The maximum absolute atomic E-state index is 13.3. The number of hydrogen-bond donors (Lipinski definition) is 3. The molecule has 146 valence electrons. The largest absolute Gasteiger partial charge is 0.352 e. The zero-order chi connectivity index (χ0) is 19.2. The third kappa shape index (κ3) is 7.60. The van der Waals surface area contributed by atoms with Gasteiger partial charge in [-0.15, -0.1) is 0 Å². The molecule has 0 atom stereocenters. The maximum atomic E-state index is 13.3. The fraction of sp³-hybridized carbons (Fsp3) is 0.650. The van der Waals surface area contributed by atoms with Crippen molar-refractivity contribution in [3.8, 4) is 0 Å². The molecule has 2 rings (SSSR count). The van der Waals surface area contributed by atoms with Gasteiger partial charge in [-0.2, -0.15) is 0 Å². The Morgan fingerprint density at radius 1 is 1.15 bits per heavy atom. The summed E-state index contributed by atoms with van der Waals surface area (Å²) >= 11 is 5.80. The van der Waals surface area contributed by atoms with Crippen LogP contribution in [0.15, 0.2) is 18.2 Å². The van der Waals surface area contributed by atoms with E-state index in [2.05, 4.69) is 36.7 Å². The Labute approximate surface area is 161 Å². The van der Waals surface area contributed by atoms with Crippen LogP contribution in [0.5, 0.6) is 0 Å². The summed E-state index contributed by atoms with van der Waals surface area (Å²) in [6, 6.07) is 4.47. The van der Waals surface area contributed by atoms with Gasteiger partial charge in [0.1, 0.15) is 5.82 Å². The van der Waals surface area contributed by atoms with Gasteiger partial charge in [0.15, 0.2) is 0 Å². The molecule has 26 heavy (non-hydrogen) atoms. The second-order valence-corrected chi connectivity index (χ2v) is 8.65. The van der Waals surface area contributed by atoms with Crippen molar-refractivity contribution in [3.63, 3.8) is 0 Å². The average molecular weight is 384 g/mol. The quantitative estimate of drug-likeness (QED) is 0.628. The first kappa shape index (κ1) is 21.1. The molecule has 0 unspecified atom stereocenters. The van der Waals surface area contributed by atoms with E-state index in [1.54, 1.807) is 0 Å². The molecule has 1 amide bonds. The molecule has 3 N–H and O–H groups in total. The molecule has 0 bridgehead atoms. The van der Waals surface area contributed by atoms with Crippen molar-refractivity contribution < 1.29 is 9.18 Å². The predicted molar refractivity (Wildman–Crippen MR) is 105 cm³/mol. The van der Waals surface area contributed by atoms with Crippen LogP contribution in [0.4, 0.5) is 4.39 Å². The molecule has 1 fully saturated rings. The Morgan fingerprint density at radius 2 is 1.85 bits per heavy atom. The van der Waals surface area contributed by atoms with Crippen molar-refractivity contribution in [3.05, 3.63) is 34.6 Å². The first-order chi connectivity index (χ1) is 12.2. The van der Waals surface area contributed by atoms with E-state index in [9.17, 15) is 9.18 Å². The van der Waals surface area contributed by atoms with Crippen LogP contribution in [0.2, 0.25) is 5.02 Å². The number of amides is 1. The lowest BCUT2D eigenvalue weighted by Gasteiger charge is -2.30. The Bertz CT molecular complexity index is 575. The van der Waals surface area contributed by atoms with Crippen LogP contribution in [0, 0.1) is 11.7 Å². The van der Waals surface area contributed by atoms with Crippen LogP contribution < -0.4 is 16.0 Å². The Balaban J connectivity index is 1.65. The fourth-order valence-electron chi connectivity index (χ4n) is 3.31. The molecule has 0 radical (unpaired) electrons. The van der Waals surface area contributed by atoms with E-state index < -0.39 is 5.82 Å². The van der Waals surface area contributed by atoms with Crippen LogP contribution in [0.25, 0.3) is 0 Å². The first-order valence-electron chi connectivity index (χ1n) is 9.45. The zero-order valence-electron chi connectivity index (χ0n) is 16.0. The van der Waals surface area contributed by atoms with E-state index in [4.69, 9.17) is 11.6 Å². The van der Waals surface area contributed by atoms with E-state index in [1.165, 1.54) is 18.2 Å². The summed E-state index contributed by atoms with van der Waals surface area (Å²) in [6.07, 6.45) is 4.44. The first-order valence-corrected chi connectivity index (χ1v) is 9.83. The van der Waals surface area contributed by atoms with Gasteiger partial charge in [0.05, 0.1) is 0 Å². The number of benzene rings is 1. The smallest absolute Gasteiger partial charge is 0.251 e. The zero-order valence-corrected chi connectivity index (χ0v) is 16.8. The second-order valence-electron chi connectivity index (χ2n) is 8.22. The number of rotatable bonds is 7. The minimum atomic E-state index is -0.491. The van der Waals surface area contributed by atoms with E-state index in [-0.39, 0.29) is 22.0 Å². The molecule has 4 nitrogen and oxygen atoms in total. The monoisotopic (exact) mass is 383 g/mol. The lowest BCUT2D eigenvalue weighted by molar-refractivity contribution is 0.0942. The summed E-state index contributed by atoms with van der Waals surface area (Å²) in [6.45, 7) is 9.09. The number of halogens is 2. The Hall–Kier alpha value is -1.17. The van der Waals surface area contributed by atoms with Gasteiger partial charge in [0, 0.05) is 41.8 Å². The summed E-state index contributed by atoms with van der Waals surface area (Å²) in [7, 11) is 0. The maximum Gasteiger partial charge on any atom is 0.251 e. The summed E-state index contributed by atoms with van der Waals surface area (Å²) in [5.74, 6) is -0.274. The van der Waals surface area contributed by atoms with Crippen molar-refractivity contribution >= 4 is 17.5 Å². The summed E-state index contributed by atoms with van der Waals surface area (Å²) in [5, 5.41) is 10.2. The molecule has 1 aliphatic rings. The number of hydrogen-bond acceptors (Lipinski definition) is 3. The van der Waals surface area contributed by atoms with Crippen LogP contribution in [0.1, 0.15) is 56.8 Å². The lowest BCUT2D eigenvalue weighted by atomic mass is 9.86. The van der Waals surface area contributed by atoms with Gasteiger partial charge in [-0.1, -0.05) is 11.6 Å². The van der Waals surface area contributed by atoms with Crippen molar-refractivity contribution in [1.82, 2.24) is 16.0 Å². The topological polar surface area (TPSA) is 53.2 Å². The van der Waals surface area contributed by atoms with Gasteiger partial charge in [0.25, 0.3) is 5.91 Å². The van der Waals surface area contributed by atoms with E-state index in [1.807, 2.05) is 0 Å². The third-order valence-electron chi connectivity index (χ3n) is 4.74. The minimum Gasteiger partial charge on any atom is -0.352 e.